The maximum absolute atomic E-state index is 9.90. The molecular formula is C18H20ClN5. The third-order valence-corrected chi connectivity index (χ3v) is 6.86. The molecule has 1 aliphatic heterocycles. The molecule has 6 rings (SSSR count). The van der Waals surface area contributed by atoms with Gasteiger partial charge in [-0.25, -0.2) is 4.98 Å². The molecule has 2 heterocycles. The third-order valence-electron chi connectivity index (χ3n) is 6.68. The number of halogens is 1. The van der Waals surface area contributed by atoms with Crippen molar-refractivity contribution >= 4 is 23.1 Å². The lowest BCUT2D eigenvalue weighted by molar-refractivity contribution is -0.0370. The molecule has 4 fully saturated rings. The Kier molecular flexibility index (Phi) is 2.68. The molecule has 124 valence electrons. The van der Waals surface area contributed by atoms with Crippen molar-refractivity contribution in [2.75, 3.05) is 16.8 Å². The molecule has 0 N–H and O–H groups in total. The molecule has 2 unspecified atom stereocenters. The Bertz CT molecular complexity index is 783. The lowest BCUT2D eigenvalue weighted by atomic mass is 9.47. The minimum atomic E-state index is -0.164. The average Bonchev–Trinajstić information content (AvgIpc) is 2.77. The molecule has 0 aromatic carbocycles. The first kappa shape index (κ1) is 14.5. The van der Waals surface area contributed by atoms with E-state index in [4.69, 9.17) is 11.6 Å². The summed E-state index contributed by atoms with van der Waals surface area (Å²) >= 11 is 6.10. The van der Waals surface area contributed by atoms with Gasteiger partial charge in [-0.3, -0.25) is 0 Å². The second-order valence-corrected chi connectivity index (χ2v) is 8.57. The second kappa shape index (κ2) is 4.43. The van der Waals surface area contributed by atoms with Crippen LogP contribution in [0.4, 0.5) is 11.5 Å². The van der Waals surface area contributed by atoms with Gasteiger partial charge in [-0.15, -0.1) is 0 Å². The molecule has 1 aromatic heterocycles. The number of hydrogen-bond acceptors (Lipinski definition) is 5. The molecule has 4 aliphatic carbocycles. The number of nitrogens with zero attached hydrogens (tertiary/aromatic N) is 5. The van der Waals surface area contributed by atoms with Crippen molar-refractivity contribution in [2.24, 2.45) is 17.3 Å². The van der Waals surface area contributed by atoms with Gasteiger partial charge in [0, 0.05) is 7.05 Å². The minimum absolute atomic E-state index is 0.0475. The van der Waals surface area contributed by atoms with Gasteiger partial charge in [0.2, 0.25) is 5.28 Å². The van der Waals surface area contributed by atoms with Gasteiger partial charge in [-0.1, -0.05) is 6.58 Å². The lowest BCUT2D eigenvalue weighted by Gasteiger charge is -2.62. The first-order chi connectivity index (χ1) is 11.5. The molecule has 0 amide bonds. The highest BCUT2D eigenvalue weighted by atomic mass is 35.5. The van der Waals surface area contributed by atoms with Crippen molar-refractivity contribution in [1.29, 1.82) is 5.26 Å². The number of fused-ring (bicyclic) bond motifs is 1. The average molecular weight is 342 g/mol. The summed E-state index contributed by atoms with van der Waals surface area (Å²) in [5.74, 6) is 3.07. The van der Waals surface area contributed by atoms with Crippen molar-refractivity contribution in [3.8, 4) is 6.07 Å². The lowest BCUT2D eigenvalue weighted by Crippen LogP contribution is -2.63. The molecular weight excluding hydrogens is 322 g/mol. The molecule has 4 bridgehead atoms. The Morgan fingerprint density at radius 2 is 2.04 bits per heavy atom. The molecule has 5 nitrogen and oxygen atoms in total. The highest BCUT2D eigenvalue weighted by molar-refractivity contribution is 6.28. The fourth-order valence-electron chi connectivity index (χ4n) is 6.26. The van der Waals surface area contributed by atoms with Gasteiger partial charge in [0.1, 0.15) is 11.5 Å². The van der Waals surface area contributed by atoms with Crippen LogP contribution in [-0.2, 0) is 0 Å². The molecule has 0 radical (unpaired) electrons. The normalized spacial score (nSPS) is 39.3. The first-order valence-corrected chi connectivity index (χ1v) is 9.00. The number of hydrogen-bond donors (Lipinski definition) is 0. The van der Waals surface area contributed by atoms with Crippen LogP contribution in [0.2, 0.25) is 5.28 Å². The topological polar surface area (TPSA) is 56.1 Å². The molecule has 24 heavy (non-hydrogen) atoms. The maximum atomic E-state index is 9.90. The van der Waals surface area contributed by atoms with Crippen LogP contribution in [0.3, 0.4) is 0 Å². The van der Waals surface area contributed by atoms with E-state index in [9.17, 15) is 5.26 Å². The Hall–Kier alpha value is -1.80. The maximum Gasteiger partial charge on any atom is 0.224 e. The largest absolute Gasteiger partial charge is 0.327 e. The van der Waals surface area contributed by atoms with Crippen molar-refractivity contribution in [3.63, 3.8) is 0 Å². The van der Waals surface area contributed by atoms with Crippen LogP contribution >= 0.6 is 11.6 Å². The number of nitriles is 1. The van der Waals surface area contributed by atoms with Gasteiger partial charge in [-0.05, 0) is 62.0 Å². The number of rotatable bonds is 1. The van der Waals surface area contributed by atoms with E-state index in [1.807, 2.05) is 11.9 Å². The zero-order valence-corrected chi connectivity index (χ0v) is 14.6. The van der Waals surface area contributed by atoms with Gasteiger partial charge >= 0.3 is 0 Å². The van der Waals surface area contributed by atoms with E-state index in [2.05, 4.69) is 27.5 Å². The van der Waals surface area contributed by atoms with E-state index in [0.29, 0.717) is 11.8 Å². The van der Waals surface area contributed by atoms with Crippen LogP contribution in [0, 0.1) is 28.6 Å². The van der Waals surface area contributed by atoms with Crippen LogP contribution in [0.25, 0.3) is 0 Å². The van der Waals surface area contributed by atoms with E-state index >= 15 is 0 Å². The summed E-state index contributed by atoms with van der Waals surface area (Å²) in [6.07, 6.45) is 8.35. The molecule has 1 aromatic rings. The first-order valence-electron chi connectivity index (χ1n) is 8.62. The van der Waals surface area contributed by atoms with Crippen molar-refractivity contribution in [3.05, 3.63) is 23.9 Å². The van der Waals surface area contributed by atoms with Crippen LogP contribution in [0.15, 0.2) is 18.6 Å². The summed E-state index contributed by atoms with van der Waals surface area (Å²) in [7, 11) is 2.00. The monoisotopic (exact) mass is 341 g/mol. The molecule has 6 heteroatoms. The zero-order chi connectivity index (χ0) is 16.7. The molecule has 0 saturated heterocycles. The van der Waals surface area contributed by atoms with Crippen molar-refractivity contribution in [2.45, 2.75) is 44.1 Å². The van der Waals surface area contributed by atoms with Gasteiger partial charge in [-0.2, -0.15) is 10.2 Å². The van der Waals surface area contributed by atoms with E-state index in [-0.39, 0.29) is 16.2 Å². The zero-order valence-electron chi connectivity index (χ0n) is 13.8. The Labute approximate surface area is 146 Å². The van der Waals surface area contributed by atoms with E-state index < -0.39 is 0 Å². The minimum Gasteiger partial charge on any atom is -0.327 e. The van der Waals surface area contributed by atoms with Gasteiger partial charge in [0.15, 0.2) is 5.82 Å². The summed E-state index contributed by atoms with van der Waals surface area (Å²) in [6.45, 7) is 4.32. The molecule has 4 saturated carbocycles. The Morgan fingerprint density at radius 1 is 1.33 bits per heavy atom. The highest BCUT2D eigenvalue weighted by Gasteiger charge is 2.62. The van der Waals surface area contributed by atoms with E-state index in [0.717, 1.165) is 49.4 Å². The van der Waals surface area contributed by atoms with E-state index in [1.54, 1.807) is 6.20 Å². The second-order valence-electron chi connectivity index (χ2n) is 8.24. The number of aromatic nitrogens is 2. The summed E-state index contributed by atoms with van der Waals surface area (Å²) in [4.78, 5) is 13.0. The summed E-state index contributed by atoms with van der Waals surface area (Å²) in [5, 5.41) is 10.2. The standard InChI is InChI=1S/C18H20ClN5/c1-11-23(2)14-8-21-16(19)22-15(14)24(11)18-6-12-3-13(7-18)5-17(4-12,9-18)10-20/h8,12-13H,1,3-7,9H2,2H3. The predicted octanol–water partition coefficient (Wildman–Crippen LogP) is 3.72. The van der Waals surface area contributed by atoms with Crippen LogP contribution in [0.5, 0.6) is 0 Å². The third kappa shape index (κ3) is 1.70. The Balaban J connectivity index is 1.66. The predicted molar refractivity (Wildman–Crippen MR) is 92.5 cm³/mol. The fraction of sp³-hybridized carbons (Fsp3) is 0.611. The van der Waals surface area contributed by atoms with E-state index in [1.165, 1.54) is 6.42 Å². The van der Waals surface area contributed by atoms with Gasteiger partial charge in [0.25, 0.3) is 0 Å². The van der Waals surface area contributed by atoms with Crippen LogP contribution in [0.1, 0.15) is 38.5 Å². The summed E-state index contributed by atoms with van der Waals surface area (Å²) in [6, 6.07) is 2.69. The van der Waals surface area contributed by atoms with Crippen LogP contribution < -0.4 is 9.80 Å². The van der Waals surface area contributed by atoms with Crippen LogP contribution in [-0.4, -0.2) is 22.6 Å². The summed E-state index contributed by atoms with van der Waals surface area (Å²) in [5.41, 5.74) is 0.738. The number of anilines is 2. The van der Waals surface area contributed by atoms with Crippen molar-refractivity contribution in [1.82, 2.24) is 9.97 Å². The molecule has 0 spiro atoms. The molecule has 5 aliphatic rings. The van der Waals surface area contributed by atoms with Gasteiger partial charge in [0.05, 0.1) is 23.2 Å². The summed E-state index contributed by atoms with van der Waals surface area (Å²) < 4.78 is 0. The molecule has 2 atom stereocenters. The SMILES string of the molecule is C=C1N(C)c2cnc(Cl)nc2N1C12CC3CC(CC(C#N)(C3)C1)C2. The van der Waals surface area contributed by atoms with Gasteiger partial charge < -0.3 is 9.80 Å². The Morgan fingerprint density at radius 3 is 2.71 bits per heavy atom. The quantitative estimate of drug-likeness (QED) is 0.729. The smallest absolute Gasteiger partial charge is 0.224 e. The van der Waals surface area contributed by atoms with Crippen molar-refractivity contribution < 1.29 is 0 Å². The fourth-order valence-corrected chi connectivity index (χ4v) is 6.39. The highest BCUT2D eigenvalue weighted by Crippen LogP contribution is 2.65.